The van der Waals surface area contributed by atoms with Crippen molar-refractivity contribution in [2.24, 2.45) is 5.92 Å². The standard InChI is InChI=1S/C27H32N2O5/c1-3-15-27(2,25(31)32)29-24(30)21-13-8-14-23(21)28-26(33)34-16-22-19-11-6-4-9-17(19)18-10-5-7-12-20(18)22/h4-7,9-12,21-23H,3,8,13-16H2,1-2H3,(H,28,33)(H,29,30)(H,31,32)/t21-,23+,27?/m0/s1. The number of carboxylic acid groups (broad SMARTS) is 1. The zero-order valence-corrected chi connectivity index (χ0v) is 19.7. The van der Waals surface area contributed by atoms with Crippen molar-refractivity contribution in [2.45, 2.75) is 63.5 Å². The highest BCUT2D eigenvalue weighted by Crippen LogP contribution is 2.44. The third-order valence-electron chi connectivity index (χ3n) is 7.12. The van der Waals surface area contributed by atoms with E-state index in [4.69, 9.17) is 4.74 Å². The fraction of sp³-hybridized carbons (Fsp3) is 0.444. The van der Waals surface area contributed by atoms with Gasteiger partial charge in [0.25, 0.3) is 0 Å². The van der Waals surface area contributed by atoms with Crippen LogP contribution in [0.15, 0.2) is 48.5 Å². The molecule has 7 heteroatoms. The van der Waals surface area contributed by atoms with Crippen LogP contribution in [0.25, 0.3) is 11.1 Å². The molecule has 1 unspecified atom stereocenters. The highest BCUT2D eigenvalue weighted by molar-refractivity contribution is 5.88. The number of benzene rings is 2. The summed E-state index contributed by atoms with van der Waals surface area (Å²) in [5.74, 6) is -1.90. The predicted octanol–water partition coefficient (Wildman–Crippen LogP) is 4.45. The number of ether oxygens (including phenoxy) is 1. The SMILES string of the molecule is CCCC(C)(NC(=O)[C@H]1CCC[C@H]1NC(=O)OCC1c2ccccc2-c2ccccc21)C(=O)O. The Morgan fingerprint density at radius 2 is 1.65 bits per heavy atom. The fourth-order valence-corrected chi connectivity index (χ4v) is 5.33. The highest BCUT2D eigenvalue weighted by Gasteiger charge is 2.40. The molecule has 180 valence electrons. The van der Waals surface area contributed by atoms with Crippen molar-refractivity contribution < 1.29 is 24.2 Å². The van der Waals surface area contributed by atoms with E-state index in [1.165, 1.54) is 6.92 Å². The largest absolute Gasteiger partial charge is 0.480 e. The molecule has 2 aromatic carbocycles. The summed E-state index contributed by atoms with van der Waals surface area (Å²) in [5, 5.41) is 15.1. The van der Waals surface area contributed by atoms with Gasteiger partial charge in [-0.2, -0.15) is 0 Å². The summed E-state index contributed by atoms with van der Waals surface area (Å²) in [5.41, 5.74) is 3.28. The molecular weight excluding hydrogens is 432 g/mol. The van der Waals surface area contributed by atoms with Crippen molar-refractivity contribution in [1.82, 2.24) is 10.6 Å². The Balaban J connectivity index is 1.38. The first-order valence-electron chi connectivity index (χ1n) is 12.0. The van der Waals surface area contributed by atoms with Gasteiger partial charge in [0.15, 0.2) is 0 Å². The van der Waals surface area contributed by atoms with Crippen molar-refractivity contribution in [3.05, 3.63) is 59.7 Å². The summed E-state index contributed by atoms with van der Waals surface area (Å²) in [4.78, 5) is 37.3. The van der Waals surface area contributed by atoms with Gasteiger partial charge in [0.05, 0.1) is 5.92 Å². The predicted molar refractivity (Wildman–Crippen MR) is 128 cm³/mol. The average Bonchev–Trinajstić information content (AvgIpc) is 3.40. The van der Waals surface area contributed by atoms with Gasteiger partial charge in [-0.05, 0) is 48.4 Å². The second kappa shape index (κ2) is 9.87. The highest BCUT2D eigenvalue weighted by atomic mass is 16.5. The van der Waals surface area contributed by atoms with Crippen LogP contribution in [0.2, 0.25) is 0 Å². The molecule has 4 rings (SSSR count). The first-order valence-corrected chi connectivity index (χ1v) is 12.0. The van der Waals surface area contributed by atoms with Crippen LogP contribution in [0.3, 0.4) is 0 Å². The number of carboxylic acids is 1. The third-order valence-corrected chi connectivity index (χ3v) is 7.12. The number of hydrogen-bond acceptors (Lipinski definition) is 4. The Bertz CT molecular complexity index is 1040. The normalized spacial score (nSPS) is 20.6. The molecule has 2 aliphatic rings. The molecule has 3 atom stereocenters. The maximum atomic E-state index is 12.9. The number of fused-ring (bicyclic) bond motifs is 3. The van der Waals surface area contributed by atoms with Gasteiger partial charge in [0.1, 0.15) is 12.1 Å². The van der Waals surface area contributed by atoms with Crippen molar-refractivity contribution >= 4 is 18.0 Å². The molecule has 2 aliphatic carbocycles. The molecule has 0 aliphatic heterocycles. The lowest BCUT2D eigenvalue weighted by molar-refractivity contribution is -0.148. The molecule has 0 bridgehead atoms. The summed E-state index contributed by atoms with van der Waals surface area (Å²) in [6.07, 6.45) is 2.45. The van der Waals surface area contributed by atoms with Gasteiger partial charge < -0.3 is 20.5 Å². The molecule has 0 aromatic heterocycles. The summed E-state index contributed by atoms with van der Waals surface area (Å²) in [6, 6.07) is 15.9. The number of rotatable bonds is 8. The molecule has 2 amide bonds. The number of amides is 2. The Labute approximate surface area is 199 Å². The number of alkyl carbamates (subject to hydrolysis) is 1. The van der Waals surface area contributed by atoms with Crippen LogP contribution >= 0.6 is 0 Å². The van der Waals surface area contributed by atoms with Crippen LogP contribution in [0.4, 0.5) is 4.79 Å². The monoisotopic (exact) mass is 464 g/mol. The van der Waals surface area contributed by atoms with Crippen molar-refractivity contribution in [3.63, 3.8) is 0 Å². The van der Waals surface area contributed by atoms with E-state index in [1.54, 1.807) is 0 Å². The lowest BCUT2D eigenvalue weighted by Gasteiger charge is -2.29. The quantitative estimate of drug-likeness (QED) is 0.535. The first-order chi connectivity index (χ1) is 16.3. The van der Waals surface area contributed by atoms with E-state index in [0.29, 0.717) is 25.7 Å². The van der Waals surface area contributed by atoms with E-state index >= 15 is 0 Å². The Morgan fingerprint density at radius 1 is 1.03 bits per heavy atom. The van der Waals surface area contributed by atoms with E-state index in [-0.39, 0.29) is 24.5 Å². The first kappa shape index (κ1) is 23.8. The number of carbonyl (C=O) groups excluding carboxylic acids is 2. The van der Waals surface area contributed by atoms with Gasteiger partial charge in [-0.1, -0.05) is 68.3 Å². The number of aliphatic carboxylic acids is 1. The van der Waals surface area contributed by atoms with Gasteiger partial charge in [-0.25, -0.2) is 9.59 Å². The molecule has 3 N–H and O–H groups in total. The molecule has 1 saturated carbocycles. The lowest BCUT2D eigenvalue weighted by atomic mass is 9.94. The van der Waals surface area contributed by atoms with Gasteiger partial charge in [0.2, 0.25) is 5.91 Å². The molecule has 0 heterocycles. The van der Waals surface area contributed by atoms with E-state index in [1.807, 2.05) is 31.2 Å². The van der Waals surface area contributed by atoms with Crippen molar-refractivity contribution in [1.29, 1.82) is 0 Å². The number of carbonyl (C=O) groups is 3. The molecule has 0 saturated heterocycles. The van der Waals surface area contributed by atoms with Crippen LogP contribution in [0.5, 0.6) is 0 Å². The molecule has 2 aromatic rings. The smallest absolute Gasteiger partial charge is 0.407 e. The Hall–Kier alpha value is -3.35. The molecule has 0 radical (unpaired) electrons. The summed E-state index contributed by atoms with van der Waals surface area (Å²) < 4.78 is 5.63. The van der Waals surface area contributed by atoms with Crippen molar-refractivity contribution in [2.75, 3.05) is 6.61 Å². The number of hydrogen-bond donors (Lipinski definition) is 3. The minimum Gasteiger partial charge on any atom is -0.480 e. The topological polar surface area (TPSA) is 105 Å². The lowest BCUT2D eigenvalue weighted by Crippen LogP contribution is -2.55. The Morgan fingerprint density at radius 3 is 2.24 bits per heavy atom. The van der Waals surface area contributed by atoms with E-state index in [9.17, 15) is 19.5 Å². The number of nitrogens with one attached hydrogen (secondary N) is 2. The molecule has 0 spiro atoms. The van der Waals surface area contributed by atoms with Gasteiger partial charge in [-0.3, -0.25) is 4.79 Å². The van der Waals surface area contributed by atoms with Gasteiger partial charge >= 0.3 is 12.1 Å². The summed E-state index contributed by atoms with van der Waals surface area (Å²) >= 11 is 0. The van der Waals surface area contributed by atoms with E-state index in [0.717, 1.165) is 28.7 Å². The van der Waals surface area contributed by atoms with Crippen LogP contribution in [-0.4, -0.2) is 41.3 Å². The van der Waals surface area contributed by atoms with Crippen LogP contribution < -0.4 is 10.6 Å². The summed E-state index contributed by atoms with van der Waals surface area (Å²) in [6.45, 7) is 3.61. The van der Waals surface area contributed by atoms with Gasteiger partial charge in [0, 0.05) is 12.0 Å². The maximum absolute atomic E-state index is 12.9. The zero-order chi connectivity index (χ0) is 24.3. The summed E-state index contributed by atoms with van der Waals surface area (Å²) in [7, 11) is 0. The molecule has 34 heavy (non-hydrogen) atoms. The fourth-order valence-electron chi connectivity index (χ4n) is 5.33. The van der Waals surface area contributed by atoms with Crippen molar-refractivity contribution in [3.8, 4) is 11.1 Å². The van der Waals surface area contributed by atoms with Crippen LogP contribution in [0, 0.1) is 5.92 Å². The minimum absolute atomic E-state index is 0.0360. The van der Waals surface area contributed by atoms with E-state index < -0.39 is 23.5 Å². The van der Waals surface area contributed by atoms with Crippen LogP contribution in [-0.2, 0) is 14.3 Å². The molecule has 7 nitrogen and oxygen atoms in total. The molecule has 1 fully saturated rings. The second-order valence-electron chi connectivity index (χ2n) is 9.49. The third kappa shape index (κ3) is 4.65. The Kier molecular flexibility index (Phi) is 6.91. The minimum atomic E-state index is -1.32. The molecular formula is C27H32N2O5. The average molecular weight is 465 g/mol. The van der Waals surface area contributed by atoms with Gasteiger partial charge in [-0.15, -0.1) is 0 Å². The van der Waals surface area contributed by atoms with E-state index in [2.05, 4.69) is 34.9 Å². The zero-order valence-electron chi connectivity index (χ0n) is 19.7. The second-order valence-corrected chi connectivity index (χ2v) is 9.49. The maximum Gasteiger partial charge on any atom is 0.407 e. The van der Waals surface area contributed by atoms with Crippen LogP contribution in [0.1, 0.15) is 63.0 Å².